The standard InChI is InChI=1S/C45H41N.C15H16.C14H14S.C2H6/c1-6-16-32(17-7-2)34-27-35(33-18-10-8-11-19-33)29-37(28-34)46(36-20-12-9-13-21-36)43-30-42-44(39-23-15-14-22-38(39)43)40-25-24-31(3)26-41(40)45(42,4)5;1-11-8-9-15(13(3)10-11)14-7-5-4-6-12(14)2;1-4-7-11-12(5-2)15-13-9-6-8-10(3)14(11)13;1-2/h6,8-30H,7H2,1-5H3;4-10H,1-3H3;4-9H,2H2,1,3H3;1-2H3/b16-6-,32-17+;;7-4-;. The van der Waals surface area contributed by atoms with E-state index in [9.17, 15) is 0 Å². The first-order valence-electron chi connectivity index (χ1n) is 27.8. The van der Waals surface area contributed by atoms with Crippen LogP contribution in [0.25, 0.3) is 72.0 Å². The Morgan fingerprint density at radius 1 is 0.551 bits per heavy atom. The van der Waals surface area contributed by atoms with E-state index in [1.807, 2.05) is 31.3 Å². The fourth-order valence-electron chi connectivity index (χ4n) is 11.1. The molecular formula is C76H77NS. The summed E-state index contributed by atoms with van der Waals surface area (Å²) in [7, 11) is 0. The van der Waals surface area contributed by atoms with Crippen LogP contribution in [0.15, 0.2) is 219 Å². The number of para-hydroxylation sites is 1. The summed E-state index contributed by atoms with van der Waals surface area (Å²) in [6.07, 6.45) is 13.9. The van der Waals surface area contributed by atoms with Crippen LogP contribution in [0.3, 0.4) is 0 Å². The van der Waals surface area contributed by atoms with E-state index in [2.05, 4.69) is 299 Å². The molecule has 78 heavy (non-hydrogen) atoms. The predicted octanol–water partition coefficient (Wildman–Crippen LogP) is 23.2. The Hall–Kier alpha value is -8.04. The number of benzene rings is 9. The number of allylic oxidation sites excluding steroid dienone is 5. The van der Waals surface area contributed by atoms with Gasteiger partial charge in [0.1, 0.15) is 0 Å². The highest BCUT2D eigenvalue weighted by Crippen LogP contribution is 2.55. The van der Waals surface area contributed by atoms with E-state index in [4.69, 9.17) is 0 Å². The Kier molecular flexibility index (Phi) is 18.3. The van der Waals surface area contributed by atoms with Crippen molar-refractivity contribution in [2.24, 2.45) is 0 Å². The zero-order chi connectivity index (χ0) is 55.5. The second-order valence-electron chi connectivity index (χ2n) is 20.6. The predicted molar refractivity (Wildman–Crippen MR) is 348 cm³/mol. The summed E-state index contributed by atoms with van der Waals surface area (Å²) >= 11 is 1.81. The molecular weight excluding hydrogens is 959 g/mol. The lowest BCUT2D eigenvalue weighted by atomic mass is 9.81. The van der Waals surface area contributed by atoms with Gasteiger partial charge in [-0.15, -0.1) is 11.3 Å². The van der Waals surface area contributed by atoms with Gasteiger partial charge in [-0.05, 0) is 175 Å². The molecule has 2 heteroatoms. The summed E-state index contributed by atoms with van der Waals surface area (Å²) in [5.74, 6) is 0. The number of hydrogen-bond donors (Lipinski definition) is 0. The number of fused-ring (bicyclic) bond motifs is 6. The minimum absolute atomic E-state index is 0.127. The number of anilines is 3. The third kappa shape index (κ3) is 11.8. The maximum absolute atomic E-state index is 3.88. The van der Waals surface area contributed by atoms with E-state index in [-0.39, 0.29) is 5.41 Å². The minimum atomic E-state index is -0.127. The van der Waals surface area contributed by atoms with Gasteiger partial charge in [-0.25, -0.2) is 0 Å². The van der Waals surface area contributed by atoms with Crippen molar-refractivity contribution in [2.45, 2.75) is 94.9 Å². The van der Waals surface area contributed by atoms with Crippen molar-refractivity contribution in [3.8, 4) is 33.4 Å². The van der Waals surface area contributed by atoms with E-state index in [0.29, 0.717) is 0 Å². The molecule has 1 aliphatic carbocycles. The molecule has 0 unspecified atom stereocenters. The van der Waals surface area contributed by atoms with Crippen LogP contribution in [0, 0.1) is 34.6 Å². The monoisotopic (exact) mass is 1040 g/mol. The molecule has 10 aromatic rings. The van der Waals surface area contributed by atoms with Crippen LogP contribution in [0.4, 0.5) is 17.1 Å². The van der Waals surface area contributed by atoms with Crippen molar-refractivity contribution in [1.29, 1.82) is 0 Å². The van der Waals surface area contributed by atoms with Gasteiger partial charge in [-0.3, -0.25) is 0 Å². The van der Waals surface area contributed by atoms with Crippen LogP contribution in [-0.4, -0.2) is 0 Å². The molecule has 0 N–H and O–H groups in total. The molecule has 0 aliphatic heterocycles. The van der Waals surface area contributed by atoms with Gasteiger partial charge in [0.15, 0.2) is 0 Å². The van der Waals surface area contributed by atoms with Crippen molar-refractivity contribution in [3.63, 3.8) is 0 Å². The summed E-state index contributed by atoms with van der Waals surface area (Å²) < 4.78 is 1.35. The van der Waals surface area contributed by atoms with Crippen LogP contribution in [0.2, 0.25) is 0 Å². The third-order valence-corrected chi connectivity index (χ3v) is 15.9. The first kappa shape index (κ1) is 56.2. The van der Waals surface area contributed by atoms with Gasteiger partial charge in [-0.1, -0.05) is 234 Å². The summed E-state index contributed by atoms with van der Waals surface area (Å²) in [5.41, 5.74) is 24.4. The Morgan fingerprint density at radius 2 is 1.18 bits per heavy atom. The van der Waals surface area contributed by atoms with Gasteiger partial charge in [0, 0.05) is 42.7 Å². The lowest BCUT2D eigenvalue weighted by Crippen LogP contribution is -2.17. The van der Waals surface area contributed by atoms with Crippen LogP contribution in [-0.2, 0) is 5.41 Å². The fourth-order valence-corrected chi connectivity index (χ4v) is 12.2. The molecule has 1 aromatic heterocycles. The van der Waals surface area contributed by atoms with Crippen LogP contribution in [0.5, 0.6) is 0 Å². The van der Waals surface area contributed by atoms with Gasteiger partial charge in [0.2, 0.25) is 0 Å². The Bertz CT molecular complexity index is 3800. The quantitative estimate of drug-likeness (QED) is 0.123. The topological polar surface area (TPSA) is 3.24 Å². The van der Waals surface area contributed by atoms with Crippen molar-refractivity contribution in [1.82, 2.24) is 0 Å². The van der Waals surface area contributed by atoms with Gasteiger partial charge in [-0.2, -0.15) is 0 Å². The lowest BCUT2D eigenvalue weighted by Gasteiger charge is -2.30. The van der Waals surface area contributed by atoms with Crippen LogP contribution < -0.4 is 4.90 Å². The highest BCUT2D eigenvalue weighted by atomic mass is 32.1. The second kappa shape index (κ2) is 25.4. The van der Waals surface area contributed by atoms with Crippen LogP contribution >= 0.6 is 11.3 Å². The Balaban J connectivity index is 0.000000203. The molecule has 392 valence electrons. The Morgan fingerprint density at radius 3 is 1.85 bits per heavy atom. The molecule has 1 aliphatic rings. The largest absolute Gasteiger partial charge is 0.310 e. The first-order chi connectivity index (χ1) is 37.9. The summed E-state index contributed by atoms with van der Waals surface area (Å²) in [6, 6.07) is 68.7. The lowest BCUT2D eigenvalue weighted by molar-refractivity contribution is 0.660. The van der Waals surface area contributed by atoms with E-state index in [0.717, 1.165) is 17.8 Å². The molecule has 0 saturated heterocycles. The smallest absolute Gasteiger partial charge is 0.0543 e. The molecule has 11 rings (SSSR count). The van der Waals surface area contributed by atoms with Gasteiger partial charge >= 0.3 is 0 Å². The number of nitrogens with zero attached hydrogens (tertiary/aromatic N) is 1. The number of hydrogen-bond acceptors (Lipinski definition) is 2. The zero-order valence-electron chi connectivity index (χ0n) is 48.1. The number of rotatable bonds is 10. The molecule has 0 atom stereocenters. The van der Waals surface area contributed by atoms with Gasteiger partial charge < -0.3 is 4.90 Å². The van der Waals surface area contributed by atoms with E-state index < -0.39 is 0 Å². The van der Waals surface area contributed by atoms with E-state index in [1.54, 1.807) is 0 Å². The summed E-state index contributed by atoms with van der Waals surface area (Å²) in [5, 5.41) is 3.92. The van der Waals surface area contributed by atoms with E-state index >= 15 is 0 Å². The van der Waals surface area contributed by atoms with Crippen molar-refractivity contribution >= 4 is 67.0 Å². The first-order valence-corrected chi connectivity index (χ1v) is 28.7. The Labute approximate surface area is 471 Å². The zero-order valence-corrected chi connectivity index (χ0v) is 48.9. The molecule has 0 spiro atoms. The minimum Gasteiger partial charge on any atom is -0.310 e. The highest BCUT2D eigenvalue weighted by Gasteiger charge is 2.38. The molecule has 0 radical (unpaired) electrons. The molecule has 0 bridgehead atoms. The molecule has 9 aromatic carbocycles. The average Bonchev–Trinajstić information content (AvgIpc) is 4.06. The van der Waals surface area contributed by atoms with E-state index in [1.165, 1.54) is 120 Å². The average molecular weight is 1040 g/mol. The second-order valence-corrected chi connectivity index (χ2v) is 21.7. The third-order valence-electron chi connectivity index (χ3n) is 14.8. The normalized spacial score (nSPS) is 12.3. The molecule has 0 fully saturated rings. The maximum atomic E-state index is 3.88. The fraction of sp³-hybridized carbons (Fsp3) is 0.184. The van der Waals surface area contributed by atoms with Crippen molar-refractivity contribution in [3.05, 3.63) is 274 Å². The number of aryl methyl sites for hydroxylation is 5. The highest BCUT2D eigenvalue weighted by molar-refractivity contribution is 7.20. The van der Waals surface area contributed by atoms with Gasteiger partial charge in [0.05, 0.1) is 5.69 Å². The molecule has 0 amide bonds. The van der Waals surface area contributed by atoms with Crippen LogP contribution in [0.1, 0.15) is 110 Å². The molecule has 0 saturated carbocycles. The summed E-state index contributed by atoms with van der Waals surface area (Å²) in [6.45, 7) is 29.8. The SMILES string of the molecule is C/C=C\C(=C/CC)c1cc(-c2ccccc2)cc(N(c2ccccc2)c2cc3c(c4ccccc24)-c2ccc(C)cc2C3(C)C)c1.C=Cc1sc2cccc(C)c2c1/C=C\C.CC.Cc1ccc(-c2ccccc2C)c(C)c1. The number of thiophene rings is 1. The molecule has 1 nitrogen and oxygen atoms in total. The van der Waals surface area contributed by atoms with Crippen molar-refractivity contribution < 1.29 is 0 Å². The summed E-state index contributed by atoms with van der Waals surface area (Å²) in [4.78, 5) is 3.74. The van der Waals surface area contributed by atoms with Gasteiger partial charge in [0.25, 0.3) is 0 Å². The molecule has 1 heterocycles. The van der Waals surface area contributed by atoms with Crippen molar-refractivity contribution in [2.75, 3.05) is 4.90 Å². The maximum Gasteiger partial charge on any atom is 0.0543 e.